The van der Waals surface area contributed by atoms with Crippen molar-refractivity contribution in [3.63, 3.8) is 0 Å². The van der Waals surface area contributed by atoms with Crippen LogP contribution in [0, 0.1) is 6.07 Å². The van der Waals surface area contributed by atoms with Gasteiger partial charge in [0.2, 0.25) is 5.91 Å². The standard InChI is InChI=1S/C16H25N2O2/c1-3-18(4-2)13-12-17-16(19)11-8-14-20-15-9-6-5-7-10-15/h6-7,9-10H,3-4,8,11-14H2,1-2H3,(H,17,19). The van der Waals surface area contributed by atoms with Crippen LogP contribution in [0.4, 0.5) is 0 Å². The maximum atomic E-state index is 11.6. The van der Waals surface area contributed by atoms with Crippen LogP contribution < -0.4 is 10.1 Å². The summed E-state index contributed by atoms with van der Waals surface area (Å²) in [5, 5.41) is 2.94. The lowest BCUT2D eigenvalue weighted by Gasteiger charge is -2.17. The number of hydrogen-bond donors (Lipinski definition) is 1. The smallest absolute Gasteiger partial charge is 0.220 e. The third-order valence-electron chi connectivity index (χ3n) is 3.15. The van der Waals surface area contributed by atoms with Crippen molar-refractivity contribution in [2.24, 2.45) is 0 Å². The summed E-state index contributed by atoms with van der Waals surface area (Å²) in [5.74, 6) is 0.924. The highest BCUT2D eigenvalue weighted by Crippen LogP contribution is 2.08. The minimum atomic E-state index is 0.0992. The molecule has 4 nitrogen and oxygen atoms in total. The summed E-state index contributed by atoms with van der Waals surface area (Å²) in [5.41, 5.74) is 0. The van der Waals surface area contributed by atoms with E-state index in [0.717, 1.165) is 38.3 Å². The quantitative estimate of drug-likeness (QED) is 0.666. The Morgan fingerprint density at radius 2 is 2.00 bits per heavy atom. The lowest BCUT2D eigenvalue weighted by atomic mass is 10.3. The summed E-state index contributed by atoms with van der Waals surface area (Å²) in [7, 11) is 0. The fraction of sp³-hybridized carbons (Fsp3) is 0.562. The van der Waals surface area contributed by atoms with Crippen LogP contribution in [0.25, 0.3) is 0 Å². The fourth-order valence-electron chi connectivity index (χ4n) is 1.87. The number of carbonyl (C=O) groups excluding carboxylic acids is 1. The van der Waals surface area contributed by atoms with Gasteiger partial charge in [-0.1, -0.05) is 26.0 Å². The molecule has 0 aliphatic heterocycles. The van der Waals surface area contributed by atoms with Gasteiger partial charge in [-0.2, -0.15) is 0 Å². The van der Waals surface area contributed by atoms with Crippen molar-refractivity contribution in [1.29, 1.82) is 0 Å². The number of benzene rings is 1. The summed E-state index contributed by atoms with van der Waals surface area (Å²) in [6.07, 6.45) is 1.24. The molecule has 1 rings (SSSR count). The van der Waals surface area contributed by atoms with Crippen molar-refractivity contribution >= 4 is 5.91 Å². The van der Waals surface area contributed by atoms with Gasteiger partial charge in [0, 0.05) is 19.5 Å². The predicted octanol–water partition coefficient (Wildman–Crippen LogP) is 2.10. The number of carbonyl (C=O) groups is 1. The van der Waals surface area contributed by atoms with E-state index in [1.807, 2.05) is 24.3 Å². The first-order chi connectivity index (χ1) is 9.76. The van der Waals surface area contributed by atoms with Gasteiger partial charge in [0.25, 0.3) is 0 Å². The molecule has 0 bridgehead atoms. The van der Waals surface area contributed by atoms with Crippen LogP contribution in [-0.2, 0) is 4.79 Å². The van der Waals surface area contributed by atoms with E-state index in [9.17, 15) is 4.79 Å². The van der Waals surface area contributed by atoms with Crippen LogP contribution >= 0.6 is 0 Å². The highest BCUT2D eigenvalue weighted by Gasteiger charge is 2.03. The molecule has 4 heteroatoms. The van der Waals surface area contributed by atoms with Gasteiger partial charge in [0.05, 0.1) is 6.61 Å². The molecule has 0 aliphatic carbocycles. The van der Waals surface area contributed by atoms with Gasteiger partial charge in [0.15, 0.2) is 0 Å². The Balaban J connectivity index is 2.03. The average molecular weight is 277 g/mol. The minimum absolute atomic E-state index is 0.0992. The van der Waals surface area contributed by atoms with Crippen LogP contribution in [0.1, 0.15) is 26.7 Å². The van der Waals surface area contributed by atoms with Crippen LogP contribution in [0.5, 0.6) is 5.75 Å². The maximum Gasteiger partial charge on any atom is 0.220 e. The fourth-order valence-corrected chi connectivity index (χ4v) is 1.87. The Hall–Kier alpha value is -1.55. The number of nitrogens with zero attached hydrogens (tertiary/aromatic N) is 1. The Morgan fingerprint density at radius 1 is 1.30 bits per heavy atom. The number of likely N-dealkylation sites (N-methyl/N-ethyl adjacent to an activating group) is 1. The molecule has 20 heavy (non-hydrogen) atoms. The van der Waals surface area contributed by atoms with Crippen molar-refractivity contribution < 1.29 is 9.53 Å². The molecule has 1 amide bonds. The molecule has 0 heterocycles. The van der Waals surface area contributed by atoms with Gasteiger partial charge in [-0.05, 0) is 37.7 Å². The molecule has 1 aromatic rings. The normalized spacial score (nSPS) is 10.6. The third-order valence-corrected chi connectivity index (χ3v) is 3.15. The van der Waals surface area contributed by atoms with Gasteiger partial charge in [0.1, 0.15) is 5.75 Å². The topological polar surface area (TPSA) is 41.6 Å². The number of nitrogens with one attached hydrogen (secondary N) is 1. The minimum Gasteiger partial charge on any atom is -0.494 e. The molecular formula is C16H25N2O2. The molecule has 111 valence electrons. The molecule has 0 atom stereocenters. The molecule has 1 N–H and O–H groups in total. The lowest BCUT2D eigenvalue weighted by molar-refractivity contribution is -0.121. The van der Waals surface area contributed by atoms with Gasteiger partial charge in [-0.3, -0.25) is 4.79 Å². The summed E-state index contributed by atoms with van der Waals surface area (Å²) in [6.45, 7) is 8.50. The van der Waals surface area contributed by atoms with Crippen LogP contribution in [0.2, 0.25) is 0 Å². The SMILES string of the molecule is CCN(CC)CCNC(=O)CCCOc1cc[c]cc1. The first kappa shape index (κ1) is 16.5. The largest absolute Gasteiger partial charge is 0.494 e. The van der Waals surface area contributed by atoms with Crippen LogP contribution in [-0.4, -0.2) is 43.6 Å². The molecule has 0 saturated heterocycles. The van der Waals surface area contributed by atoms with Crippen molar-refractivity contribution in [3.05, 3.63) is 30.3 Å². The predicted molar refractivity (Wildman–Crippen MR) is 80.8 cm³/mol. The zero-order valence-corrected chi connectivity index (χ0v) is 12.5. The van der Waals surface area contributed by atoms with E-state index in [-0.39, 0.29) is 5.91 Å². The monoisotopic (exact) mass is 277 g/mol. The van der Waals surface area contributed by atoms with E-state index < -0.39 is 0 Å². The Kier molecular flexibility index (Phi) is 8.47. The number of ether oxygens (including phenoxy) is 1. The van der Waals surface area contributed by atoms with Crippen molar-refractivity contribution in [2.75, 3.05) is 32.8 Å². The molecule has 0 aliphatic rings. The third kappa shape index (κ3) is 7.14. The average Bonchev–Trinajstić information content (AvgIpc) is 2.49. The van der Waals surface area contributed by atoms with Crippen molar-refractivity contribution in [1.82, 2.24) is 10.2 Å². The summed E-state index contributed by atoms with van der Waals surface area (Å²) in [4.78, 5) is 13.9. The molecular weight excluding hydrogens is 252 g/mol. The van der Waals surface area contributed by atoms with E-state index in [2.05, 4.69) is 30.1 Å². The van der Waals surface area contributed by atoms with Crippen molar-refractivity contribution in [3.8, 4) is 5.75 Å². The maximum absolute atomic E-state index is 11.6. The molecule has 0 fully saturated rings. The highest BCUT2D eigenvalue weighted by molar-refractivity contribution is 5.75. The highest BCUT2D eigenvalue weighted by atomic mass is 16.5. The molecule has 0 aromatic heterocycles. The second-order valence-corrected chi connectivity index (χ2v) is 4.56. The zero-order valence-electron chi connectivity index (χ0n) is 12.5. The van der Waals surface area contributed by atoms with Crippen molar-refractivity contribution in [2.45, 2.75) is 26.7 Å². The zero-order chi connectivity index (χ0) is 14.6. The number of rotatable bonds is 10. The second-order valence-electron chi connectivity index (χ2n) is 4.56. The van der Waals surface area contributed by atoms with E-state index in [0.29, 0.717) is 13.0 Å². The van der Waals surface area contributed by atoms with Gasteiger partial charge in [-0.15, -0.1) is 0 Å². The molecule has 1 radical (unpaired) electrons. The van der Waals surface area contributed by atoms with Gasteiger partial charge < -0.3 is 15.0 Å². The molecule has 0 unspecified atom stereocenters. The Bertz CT molecular complexity index is 364. The van der Waals surface area contributed by atoms with Gasteiger partial charge >= 0.3 is 0 Å². The molecule has 0 spiro atoms. The van der Waals surface area contributed by atoms with Gasteiger partial charge in [-0.25, -0.2) is 0 Å². The van der Waals surface area contributed by atoms with E-state index in [1.54, 1.807) is 0 Å². The molecule has 1 aromatic carbocycles. The first-order valence-electron chi connectivity index (χ1n) is 7.34. The van der Waals surface area contributed by atoms with E-state index in [4.69, 9.17) is 4.74 Å². The molecule has 0 saturated carbocycles. The summed E-state index contributed by atoms with van der Waals surface area (Å²) in [6, 6.07) is 10.3. The second kappa shape index (κ2) is 10.3. The van der Waals surface area contributed by atoms with E-state index >= 15 is 0 Å². The number of amides is 1. The summed E-state index contributed by atoms with van der Waals surface area (Å²) < 4.78 is 5.53. The van der Waals surface area contributed by atoms with Crippen LogP contribution in [0.15, 0.2) is 24.3 Å². The van der Waals surface area contributed by atoms with E-state index in [1.165, 1.54) is 0 Å². The Morgan fingerprint density at radius 3 is 2.65 bits per heavy atom. The Labute approximate surface area is 122 Å². The number of hydrogen-bond acceptors (Lipinski definition) is 3. The first-order valence-corrected chi connectivity index (χ1v) is 7.34. The van der Waals surface area contributed by atoms with Crippen LogP contribution in [0.3, 0.4) is 0 Å². The lowest BCUT2D eigenvalue weighted by Crippen LogP contribution is -2.34. The summed E-state index contributed by atoms with van der Waals surface area (Å²) >= 11 is 0.